The maximum absolute atomic E-state index is 14.0. The zero-order valence-corrected chi connectivity index (χ0v) is 29.5. The molecule has 0 spiro atoms. The lowest BCUT2D eigenvalue weighted by molar-refractivity contribution is 0.599. The number of aromatic nitrogens is 2. The van der Waals surface area contributed by atoms with Crippen LogP contribution in [0.4, 0.5) is 8.78 Å². The quantitative estimate of drug-likeness (QED) is 0.170. The van der Waals surface area contributed by atoms with E-state index in [0.717, 1.165) is 16.7 Å². The molecule has 0 N–H and O–H groups in total. The Morgan fingerprint density at radius 1 is 0.673 bits per heavy atom. The van der Waals surface area contributed by atoms with Crippen LogP contribution in [0.2, 0.25) is 10.0 Å². The largest absolute Gasteiger partial charge is 0.342 e. The van der Waals surface area contributed by atoms with Crippen molar-refractivity contribution in [2.45, 2.75) is 26.9 Å². The molecule has 0 bridgehead atoms. The molecule has 0 aliphatic rings. The second kappa shape index (κ2) is 15.6. The summed E-state index contributed by atoms with van der Waals surface area (Å²) in [5, 5.41) is 10.3. The van der Waals surface area contributed by atoms with Gasteiger partial charge in [-0.3, -0.25) is 9.59 Å². The second-order valence-corrected chi connectivity index (χ2v) is 12.8. The minimum Gasteiger partial charge on any atom is -0.342 e. The van der Waals surface area contributed by atoms with Crippen molar-refractivity contribution in [2.75, 3.05) is 0 Å². The highest BCUT2D eigenvalue weighted by atomic mass is 79.9. The topological polar surface area (TPSA) is 67.8 Å². The molecule has 0 amide bonds. The zero-order chi connectivity index (χ0) is 35.2. The van der Waals surface area contributed by atoms with Crippen molar-refractivity contribution in [3.05, 3.63) is 184 Å². The number of nitriles is 1. The summed E-state index contributed by atoms with van der Waals surface area (Å²) in [5.74, 6) is -0.630. The van der Waals surface area contributed by atoms with Crippen LogP contribution in [0.3, 0.4) is 0 Å². The van der Waals surface area contributed by atoms with E-state index in [2.05, 4.69) is 15.9 Å². The van der Waals surface area contributed by atoms with Gasteiger partial charge in [-0.15, -0.1) is 0 Å². The van der Waals surface area contributed by atoms with E-state index in [1.54, 1.807) is 53.2 Å². The lowest BCUT2D eigenvalue weighted by Gasteiger charge is -2.16. The number of rotatable bonds is 6. The van der Waals surface area contributed by atoms with Gasteiger partial charge in [0.15, 0.2) is 10.9 Å². The standard InChI is InChI=1S/C20H14ClFN2O.C19H14BrClFNO/c1-13-5-4-7-16(20(13)21)18-9-19(25)15(10-23)12-24(18)11-14-6-2-3-8-17(14)22;1-12-5-4-7-14(19(12)21)17-9-18(24)15(20)11-23(17)10-13-6-2-3-8-16(13)22/h2-9,12H,11H2,1H3;2-9,11H,10H2,1H3. The van der Waals surface area contributed by atoms with Gasteiger partial charge in [-0.2, -0.15) is 5.26 Å². The molecule has 0 aliphatic heterocycles. The summed E-state index contributed by atoms with van der Waals surface area (Å²) >= 11 is 16.1. The summed E-state index contributed by atoms with van der Waals surface area (Å²) in [6, 6.07) is 28.9. The van der Waals surface area contributed by atoms with Gasteiger partial charge in [0.1, 0.15) is 23.3 Å². The van der Waals surface area contributed by atoms with Gasteiger partial charge in [0, 0.05) is 46.8 Å². The lowest BCUT2D eigenvalue weighted by Crippen LogP contribution is -2.14. The maximum atomic E-state index is 14.0. The summed E-state index contributed by atoms with van der Waals surface area (Å²) in [4.78, 5) is 24.3. The first kappa shape index (κ1) is 35.5. The van der Waals surface area contributed by atoms with Gasteiger partial charge in [0.25, 0.3) is 0 Å². The van der Waals surface area contributed by atoms with Gasteiger partial charge < -0.3 is 9.13 Å². The highest BCUT2D eigenvalue weighted by Gasteiger charge is 2.15. The third kappa shape index (κ3) is 8.09. The van der Waals surface area contributed by atoms with Crippen LogP contribution in [-0.2, 0) is 13.1 Å². The van der Waals surface area contributed by atoms with Gasteiger partial charge in [-0.1, -0.05) is 96.0 Å². The summed E-state index contributed by atoms with van der Waals surface area (Å²) in [6.45, 7) is 4.26. The molecule has 49 heavy (non-hydrogen) atoms. The maximum Gasteiger partial charge on any atom is 0.199 e. The molecule has 0 aliphatic carbocycles. The SMILES string of the molecule is Cc1cccc(-c2cc(=O)c(Br)cn2Cc2ccccc2F)c1Cl.Cc1cccc(-c2cc(=O)c(C#N)cn2Cc2ccccc2F)c1Cl. The molecule has 2 heterocycles. The van der Waals surface area contributed by atoms with Crippen LogP contribution in [0.1, 0.15) is 27.8 Å². The number of benzene rings is 4. The molecular weight excluding hydrogens is 731 g/mol. The summed E-state index contributed by atoms with van der Waals surface area (Å²) in [7, 11) is 0. The molecule has 10 heteroatoms. The Bertz CT molecular complexity index is 2350. The minimum atomic E-state index is -0.389. The predicted octanol–water partition coefficient (Wildman–Crippen LogP) is 9.96. The Morgan fingerprint density at radius 2 is 1.12 bits per heavy atom. The van der Waals surface area contributed by atoms with Crippen LogP contribution < -0.4 is 10.9 Å². The van der Waals surface area contributed by atoms with Crippen molar-refractivity contribution in [3.8, 4) is 28.6 Å². The van der Waals surface area contributed by atoms with E-state index in [1.165, 1.54) is 30.5 Å². The van der Waals surface area contributed by atoms with Crippen LogP contribution >= 0.6 is 39.1 Å². The van der Waals surface area contributed by atoms with Crippen molar-refractivity contribution < 1.29 is 8.78 Å². The van der Waals surface area contributed by atoms with Crippen LogP contribution in [0.25, 0.3) is 22.5 Å². The van der Waals surface area contributed by atoms with E-state index in [1.807, 2.05) is 54.8 Å². The number of hydrogen-bond donors (Lipinski definition) is 0. The average molecular weight is 759 g/mol. The van der Waals surface area contributed by atoms with Crippen molar-refractivity contribution >= 4 is 39.1 Å². The first-order valence-electron chi connectivity index (χ1n) is 15.0. The van der Waals surface area contributed by atoms with Crippen LogP contribution in [0, 0.1) is 36.8 Å². The lowest BCUT2D eigenvalue weighted by atomic mass is 10.1. The summed E-state index contributed by atoms with van der Waals surface area (Å²) < 4.78 is 32.0. The summed E-state index contributed by atoms with van der Waals surface area (Å²) in [6.07, 6.45) is 3.12. The number of pyridine rings is 2. The van der Waals surface area contributed by atoms with Gasteiger partial charge in [0.2, 0.25) is 0 Å². The van der Waals surface area contributed by atoms with Gasteiger partial charge in [-0.05, 0) is 53.0 Å². The molecule has 5 nitrogen and oxygen atoms in total. The highest BCUT2D eigenvalue weighted by Crippen LogP contribution is 2.32. The Morgan fingerprint density at radius 3 is 1.59 bits per heavy atom. The van der Waals surface area contributed by atoms with E-state index >= 15 is 0 Å². The van der Waals surface area contributed by atoms with E-state index < -0.39 is 0 Å². The average Bonchev–Trinajstić information content (AvgIpc) is 3.08. The van der Waals surface area contributed by atoms with E-state index in [0.29, 0.717) is 49.1 Å². The normalized spacial score (nSPS) is 10.7. The van der Waals surface area contributed by atoms with Crippen molar-refractivity contribution in [3.63, 3.8) is 0 Å². The van der Waals surface area contributed by atoms with E-state index in [4.69, 9.17) is 28.5 Å². The first-order valence-corrected chi connectivity index (χ1v) is 16.6. The highest BCUT2D eigenvalue weighted by molar-refractivity contribution is 9.10. The molecule has 6 rings (SSSR count). The Hall–Kier alpha value is -4.81. The number of aryl methyl sites for hydroxylation is 2. The number of halogens is 5. The van der Waals surface area contributed by atoms with E-state index in [-0.39, 0.29) is 34.6 Å². The fourth-order valence-electron chi connectivity index (χ4n) is 5.24. The molecule has 6 aromatic rings. The van der Waals surface area contributed by atoms with Crippen LogP contribution in [0.5, 0.6) is 0 Å². The summed E-state index contributed by atoms with van der Waals surface area (Å²) in [5.41, 5.74) is 4.86. The van der Waals surface area contributed by atoms with Crippen molar-refractivity contribution in [1.82, 2.24) is 9.13 Å². The van der Waals surface area contributed by atoms with Gasteiger partial charge in [0.05, 0.1) is 39.0 Å². The molecular formula is C39H28BrCl2F2N3O2. The fourth-order valence-corrected chi connectivity index (χ4v) is 6.05. The molecule has 2 aromatic heterocycles. The molecule has 0 atom stereocenters. The number of hydrogen-bond acceptors (Lipinski definition) is 3. The molecule has 0 saturated carbocycles. The molecule has 0 saturated heterocycles. The Balaban J connectivity index is 0.000000191. The molecule has 0 radical (unpaired) electrons. The number of nitrogens with zero attached hydrogens (tertiary/aromatic N) is 3. The van der Waals surface area contributed by atoms with Gasteiger partial charge >= 0.3 is 0 Å². The van der Waals surface area contributed by atoms with Crippen LogP contribution in [0.15, 0.2) is 124 Å². The van der Waals surface area contributed by atoms with Crippen molar-refractivity contribution in [1.29, 1.82) is 5.26 Å². The zero-order valence-electron chi connectivity index (χ0n) is 26.4. The fraction of sp³-hybridized carbons (Fsp3) is 0.103. The Labute approximate surface area is 300 Å². The smallest absolute Gasteiger partial charge is 0.199 e. The minimum absolute atomic E-state index is 0.00358. The molecule has 0 unspecified atom stereocenters. The molecule has 0 fully saturated rings. The third-order valence-electron chi connectivity index (χ3n) is 7.86. The van der Waals surface area contributed by atoms with Crippen molar-refractivity contribution in [2.24, 2.45) is 0 Å². The predicted molar refractivity (Wildman–Crippen MR) is 195 cm³/mol. The molecule has 4 aromatic carbocycles. The monoisotopic (exact) mass is 757 g/mol. The van der Waals surface area contributed by atoms with Gasteiger partial charge in [-0.25, -0.2) is 8.78 Å². The Kier molecular flexibility index (Phi) is 11.3. The third-order valence-corrected chi connectivity index (χ3v) is 9.46. The van der Waals surface area contributed by atoms with Crippen LogP contribution in [-0.4, -0.2) is 9.13 Å². The second-order valence-electron chi connectivity index (χ2n) is 11.2. The first-order chi connectivity index (χ1) is 23.5. The van der Waals surface area contributed by atoms with E-state index in [9.17, 15) is 18.4 Å². The molecule has 246 valence electrons.